The van der Waals surface area contributed by atoms with Crippen molar-refractivity contribution in [2.24, 2.45) is 0 Å². The molecule has 0 bridgehead atoms. The van der Waals surface area contributed by atoms with E-state index in [1.165, 1.54) is 0 Å². The van der Waals surface area contributed by atoms with Gasteiger partial charge in [0.05, 0.1) is 5.56 Å². The van der Waals surface area contributed by atoms with Crippen molar-refractivity contribution >= 4 is 38.3 Å². The number of phenolic OH excluding ortho intramolecular Hbond substituents is 1. The molecule has 2 N–H and O–H groups in total. The molecule has 3 aromatic rings. The number of fused-ring (bicyclic) bond motifs is 1. The quantitative estimate of drug-likeness (QED) is 0.717. The number of anilines is 1. The largest absolute Gasteiger partial charge is 0.506 e. The van der Waals surface area contributed by atoms with Crippen LogP contribution in [-0.2, 0) is 0 Å². The molecule has 3 aromatic carbocycles. The SMILES string of the molecule is O=C(Nc1ccccc1)c1cc(Br)c2ccccc2c1O. The molecule has 3 nitrogen and oxygen atoms in total. The Balaban J connectivity index is 2.04. The monoisotopic (exact) mass is 341 g/mol. The lowest BCUT2D eigenvalue weighted by molar-refractivity contribution is 0.102. The lowest BCUT2D eigenvalue weighted by Gasteiger charge is -2.10. The summed E-state index contributed by atoms with van der Waals surface area (Å²) in [6.45, 7) is 0. The highest BCUT2D eigenvalue weighted by Gasteiger charge is 2.16. The molecule has 0 unspecified atom stereocenters. The van der Waals surface area contributed by atoms with E-state index in [2.05, 4.69) is 21.2 Å². The Morgan fingerprint density at radius 1 is 0.952 bits per heavy atom. The highest BCUT2D eigenvalue weighted by Crippen LogP contribution is 2.34. The molecular formula is C17H12BrNO2. The van der Waals surface area contributed by atoms with E-state index in [-0.39, 0.29) is 17.2 Å². The van der Waals surface area contributed by atoms with Gasteiger partial charge in [-0.2, -0.15) is 0 Å². The third-order valence-corrected chi connectivity index (χ3v) is 3.90. The first-order valence-electron chi connectivity index (χ1n) is 6.43. The highest BCUT2D eigenvalue weighted by molar-refractivity contribution is 9.10. The van der Waals surface area contributed by atoms with E-state index in [0.717, 1.165) is 9.86 Å². The van der Waals surface area contributed by atoms with Gasteiger partial charge in [0.2, 0.25) is 0 Å². The van der Waals surface area contributed by atoms with Gasteiger partial charge < -0.3 is 10.4 Å². The molecule has 0 spiro atoms. The zero-order chi connectivity index (χ0) is 14.8. The number of hydrogen-bond acceptors (Lipinski definition) is 2. The lowest BCUT2D eigenvalue weighted by atomic mass is 10.0. The summed E-state index contributed by atoms with van der Waals surface area (Å²) in [5.74, 6) is -0.354. The van der Waals surface area contributed by atoms with Crippen molar-refractivity contribution < 1.29 is 9.90 Å². The Bertz CT molecular complexity index is 816. The van der Waals surface area contributed by atoms with Crippen molar-refractivity contribution in [1.29, 1.82) is 0 Å². The van der Waals surface area contributed by atoms with Crippen molar-refractivity contribution in [3.05, 3.63) is 70.7 Å². The van der Waals surface area contributed by atoms with Crippen LogP contribution in [0.5, 0.6) is 5.75 Å². The topological polar surface area (TPSA) is 49.3 Å². The predicted octanol–water partition coefficient (Wildman–Crippen LogP) is 4.56. The third kappa shape index (κ3) is 2.62. The summed E-state index contributed by atoms with van der Waals surface area (Å²) in [6.07, 6.45) is 0. The average Bonchev–Trinajstić information content (AvgIpc) is 2.52. The molecule has 3 rings (SSSR count). The minimum atomic E-state index is -0.342. The molecule has 0 radical (unpaired) electrons. The Hall–Kier alpha value is -2.33. The first kappa shape index (κ1) is 13.6. The molecule has 21 heavy (non-hydrogen) atoms. The lowest BCUT2D eigenvalue weighted by Crippen LogP contribution is -2.12. The Morgan fingerprint density at radius 2 is 1.57 bits per heavy atom. The van der Waals surface area contributed by atoms with E-state index in [9.17, 15) is 9.90 Å². The van der Waals surface area contributed by atoms with Gasteiger partial charge in [-0.05, 0) is 23.6 Å². The zero-order valence-electron chi connectivity index (χ0n) is 11.0. The van der Waals surface area contributed by atoms with Gasteiger partial charge in [0.1, 0.15) is 5.75 Å². The average molecular weight is 342 g/mol. The molecule has 0 saturated heterocycles. The van der Waals surface area contributed by atoms with Crippen LogP contribution in [0, 0.1) is 0 Å². The highest BCUT2D eigenvalue weighted by atomic mass is 79.9. The molecule has 0 aromatic heterocycles. The summed E-state index contributed by atoms with van der Waals surface area (Å²) < 4.78 is 0.772. The number of carbonyl (C=O) groups is 1. The van der Waals surface area contributed by atoms with Crippen molar-refractivity contribution in [3.63, 3.8) is 0 Å². The second kappa shape index (κ2) is 5.58. The third-order valence-electron chi connectivity index (χ3n) is 3.24. The normalized spacial score (nSPS) is 10.5. The van der Waals surface area contributed by atoms with Crippen molar-refractivity contribution in [1.82, 2.24) is 0 Å². The second-order valence-corrected chi connectivity index (χ2v) is 5.47. The minimum absolute atomic E-state index is 0.0118. The summed E-state index contributed by atoms with van der Waals surface area (Å²) in [5.41, 5.74) is 0.926. The molecule has 1 amide bonds. The van der Waals surface area contributed by atoms with E-state index in [4.69, 9.17) is 0 Å². The number of halogens is 1. The van der Waals surface area contributed by atoms with Crippen LogP contribution in [0.2, 0.25) is 0 Å². The van der Waals surface area contributed by atoms with Gasteiger partial charge >= 0.3 is 0 Å². The van der Waals surface area contributed by atoms with Crippen LogP contribution in [0.15, 0.2) is 65.1 Å². The molecule has 0 aliphatic rings. The van der Waals surface area contributed by atoms with Gasteiger partial charge in [-0.3, -0.25) is 4.79 Å². The van der Waals surface area contributed by atoms with Crippen molar-refractivity contribution in [2.75, 3.05) is 5.32 Å². The number of para-hydroxylation sites is 1. The van der Waals surface area contributed by atoms with Crippen LogP contribution in [0.1, 0.15) is 10.4 Å². The van der Waals surface area contributed by atoms with Crippen LogP contribution in [0.25, 0.3) is 10.8 Å². The number of nitrogens with one attached hydrogen (secondary N) is 1. The Morgan fingerprint density at radius 3 is 2.29 bits per heavy atom. The molecular weight excluding hydrogens is 330 g/mol. The maximum Gasteiger partial charge on any atom is 0.259 e. The fourth-order valence-corrected chi connectivity index (χ4v) is 2.78. The first-order chi connectivity index (χ1) is 10.2. The maximum absolute atomic E-state index is 12.3. The Labute approximate surface area is 130 Å². The van der Waals surface area contributed by atoms with Crippen LogP contribution < -0.4 is 5.32 Å². The van der Waals surface area contributed by atoms with E-state index in [1.807, 2.05) is 36.4 Å². The fourth-order valence-electron chi connectivity index (χ4n) is 2.21. The van der Waals surface area contributed by atoms with Crippen LogP contribution in [-0.4, -0.2) is 11.0 Å². The van der Waals surface area contributed by atoms with Crippen molar-refractivity contribution in [3.8, 4) is 5.75 Å². The number of aromatic hydroxyl groups is 1. The molecule has 0 saturated carbocycles. The van der Waals surface area contributed by atoms with E-state index in [0.29, 0.717) is 11.1 Å². The van der Waals surface area contributed by atoms with Crippen LogP contribution in [0.4, 0.5) is 5.69 Å². The molecule has 0 fully saturated rings. The number of benzene rings is 3. The summed E-state index contributed by atoms with van der Waals surface area (Å²) in [6, 6.07) is 18.2. The molecule has 4 heteroatoms. The zero-order valence-corrected chi connectivity index (χ0v) is 12.6. The molecule has 104 valence electrons. The standard InChI is InChI=1S/C17H12BrNO2/c18-15-10-14(16(20)13-9-5-4-8-12(13)15)17(21)19-11-6-2-1-3-7-11/h1-10,20H,(H,19,21). The summed E-state index contributed by atoms with van der Waals surface area (Å²) in [7, 11) is 0. The van der Waals surface area contributed by atoms with E-state index >= 15 is 0 Å². The number of amides is 1. The molecule has 0 heterocycles. The van der Waals surface area contributed by atoms with E-state index in [1.54, 1.807) is 24.3 Å². The predicted molar refractivity (Wildman–Crippen MR) is 87.7 cm³/mol. The second-order valence-electron chi connectivity index (χ2n) is 4.62. The minimum Gasteiger partial charge on any atom is -0.506 e. The number of rotatable bonds is 2. The summed E-state index contributed by atoms with van der Waals surface area (Å²) in [5, 5.41) is 14.6. The number of carbonyl (C=O) groups excluding carboxylic acids is 1. The molecule has 0 aliphatic heterocycles. The van der Waals surface area contributed by atoms with E-state index < -0.39 is 0 Å². The van der Waals surface area contributed by atoms with Gasteiger partial charge in [0, 0.05) is 15.5 Å². The van der Waals surface area contributed by atoms with Crippen molar-refractivity contribution in [2.45, 2.75) is 0 Å². The van der Waals surface area contributed by atoms with Gasteiger partial charge in [0.25, 0.3) is 5.91 Å². The number of hydrogen-bond donors (Lipinski definition) is 2. The molecule has 0 atom stereocenters. The van der Waals surface area contributed by atoms with Crippen LogP contribution >= 0.6 is 15.9 Å². The van der Waals surface area contributed by atoms with Gasteiger partial charge in [-0.15, -0.1) is 0 Å². The fraction of sp³-hybridized carbons (Fsp3) is 0. The van der Waals surface area contributed by atoms with Gasteiger partial charge in [-0.25, -0.2) is 0 Å². The Kier molecular flexibility index (Phi) is 3.62. The van der Waals surface area contributed by atoms with Gasteiger partial charge in [-0.1, -0.05) is 58.4 Å². The maximum atomic E-state index is 12.3. The summed E-state index contributed by atoms with van der Waals surface area (Å²) >= 11 is 3.44. The molecule has 0 aliphatic carbocycles. The van der Waals surface area contributed by atoms with Gasteiger partial charge in [0.15, 0.2) is 0 Å². The summed E-state index contributed by atoms with van der Waals surface area (Å²) in [4.78, 5) is 12.3. The first-order valence-corrected chi connectivity index (χ1v) is 7.23. The smallest absolute Gasteiger partial charge is 0.259 e. The van der Waals surface area contributed by atoms with Crippen LogP contribution in [0.3, 0.4) is 0 Å². The number of phenols is 1.